The van der Waals surface area contributed by atoms with E-state index in [1.807, 2.05) is 0 Å². The number of anilines is 1. The second-order valence-corrected chi connectivity index (χ2v) is 7.96. The Morgan fingerprint density at radius 2 is 2.24 bits per heavy atom. The molecule has 2 aliphatic rings. The van der Waals surface area contributed by atoms with E-state index in [1.54, 1.807) is 6.07 Å². The van der Waals surface area contributed by atoms with Gasteiger partial charge in [0.05, 0.1) is 17.9 Å². The number of thioether (sulfide) groups is 1. The van der Waals surface area contributed by atoms with Gasteiger partial charge >= 0.3 is 0 Å². The summed E-state index contributed by atoms with van der Waals surface area (Å²) in [5, 5.41) is 3.16. The van der Waals surface area contributed by atoms with Crippen molar-refractivity contribution in [1.29, 1.82) is 0 Å². The first-order valence-electron chi connectivity index (χ1n) is 9.12. The summed E-state index contributed by atoms with van der Waals surface area (Å²) in [6.07, 6.45) is 4.96. The molecule has 1 amide bonds. The largest absolute Gasteiger partial charge is 0.445 e. The predicted octanol–water partition coefficient (Wildman–Crippen LogP) is 3.23. The number of carbonyl (C=O) groups is 1. The maximum Gasteiger partial charge on any atom is 0.275 e. The zero-order chi connectivity index (χ0) is 20.4. The number of hydrogen-bond acceptors (Lipinski definition) is 7. The molecule has 1 saturated carbocycles. The summed E-state index contributed by atoms with van der Waals surface area (Å²) in [4.78, 5) is 24.8. The minimum atomic E-state index is -1.03. The summed E-state index contributed by atoms with van der Waals surface area (Å²) in [6.45, 7) is -1.03. The van der Waals surface area contributed by atoms with Gasteiger partial charge in [-0.15, -0.1) is 0 Å². The monoisotopic (exact) mass is 419 g/mol. The molecule has 2 aromatic rings. The van der Waals surface area contributed by atoms with Crippen LogP contribution in [0.2, 0.25) is 0 Å². The average molecular weight is 419 g/mol. The highest BCUT2D eigenvalue weighted by Crippen LogP contribution is 2.51. The van der Waals surface area contributed by atoms with E-state index in [9.17, 15) is 13.6 Å². The fourth-order valence-corrected chi connectivity index (χ4v) is 4.99. The number of amidine groups is 1. The Bertz CT molecular complexity index is 956. The molecule has 0 radical (unpaired) electrons. The number of fused-ring (bicyclic) bond motifs is 1. The lowest BCUT2D eigenvalue weighted by atomic mass is 9.81. The molecule has 10 heteroatoms. The Kier molecular flexibility index (Phi) is 5.35. The molecule has 7 nitrogen and oxygen atoms in total. The van der Waals surface area contributed by atoms with E-state index in [1.165, 1.54) is 30.1 Å². The molecule has 3 N–H and O–H groups in total. The Labute approximate surface area is 170 Å². The van der Waals surface area contributed by atoms with Crippen LogP contribution in [0.3, 0.4) is 0 Å². The molecule has 2 unspecified atom stereocenters. The molecule has 1 fully saturated rings. The summed E-state index contributed by atoms with van der Waals surface area (Å²) in [7, 11) is 0. The molecule has 1 aromatic carbocycles. The number of hydrogen-bond donors (Lipinski definition) is 2. The number of nitrogens with zero attached hydrogens (tertiary/aromatic N) is 3. The van der Waals surface area contributed by atoms with Gasteiger partial charge in [-0.25, -0.2) is 18.7 Å². The quantitative estimate of drug-likeness (QED) is 0.771. The molecule has 1 aliphatic carbocycles. The van der Waals surface area contributed by atoms with Gasteiger partial charge in [-0.05, 0) is 37.0 Å². The number of rotatable bonds is 5. The Morgan fingerprint density at radius 1 is 1.38 bits per heavy atom. The zero-order valence-corrected chi connectivity index (χ0v) is 16.2. The first-order valence-corrected chi connectivity index (χ1v) is 10.1. The zero-order valence-electron chi connectivity index (χ0n) is 15.4. The molecule has 2 atom stereocenters. The van der Waals surface area contributed by atoms with Gasteiger partial charge in [-0.1, -0.05) is 18.2 Å². The number of ether oxygens (including phenoxy) is 1. The van der Waals surface area contributed by atoms with Crippen molar-refractivity contribution in [3.05, 3.63) is 47.7 Å². The highest BCUT2D eigenvalue weighted by atomic mass is 32.2. The van der Waals surface area contributed by atoms with Crippen LogP contribution in [0.25, 0.3) is 0 Å². The molecule has 29 heavy (non-hydrogen) atoms. The van der Waals surface area contributed by atoms with Crippen molar-refractivity contribution in [2.75, 3.05) is 17.9 Å². The normalized spacial score (nSPS) is 23.2. The first kappa shape index (κ1) is 19.6. The van der Waals surface area contributed by atoms with Crippen molar-refractivity contribution in [2.45, 2.75) is 24.8 Å². The Hall–Kier alpha value is -2.75. The molecule has 0 spiro atoms. The lowest BCUT2D eigenvalue weighted by Gasteiger charge is -2.36. The van der Waals surface area contributed by atoms with Crippen LogP contribution in [-0.2, 0) is 5.54 Å². The second kappa shape index (κ2) is 7.94. The minimum absolute atomic E-state index is 0.0230. The van der Waals surface area contributed by atoms with E-state index in [0.717, 1.165) is 31.2 Å². The average Bonchev–Trinajstić information content (AvgIpc) is 3.14. The summed E-state index contributed by atoms with van der Waals surface area (Å²) < 4.78 is 31.5. The second-order valence-electron chi connectivity index (χ2n) is 6.92. The summed E-state index contributed by atoms with van der Waals surface area (Å²) in [5.41, 5.74) is 6.16. The number of benzene rings is 1. The van der Waals surface area contributed by atoms with Gasteiger partial charge in [0, 0.05) is 17.0 Å². The van der Waals surface area contributed by atoms with Crippen molar-refractivity contribution in [2.24, 2.45) is 16.6 Å². The van der Waals surface area contributed by atoms with E-state index in [2.05, 4.69) is 25.0 Å². The van der Waals surface area contributed by atoms with E-state index in [0.29, 0.717) is 16.4 Å². The van der Waals surface area contributed by atoms with Gasteiger partial charge < -0.3 is 15.8 Å². The standard InChI is InChI=1S/C19H19F2N5O2S/c20-10-28-16-8-23-15(7-24-16)17(27)25-12-3-4-14(21)13(6-12)19-5-1-2-11(19)9-29-18(22)26-19/h3-4,6-8,11H,1-2,5,9-10H2,(H2,22,26)(H,25,27). The highest BCUT2D eigenvalue weighted by molar-refractivity contribution is 8.13. The van der Waals surface area contributed by atoms with Crippen molar-refractivity contribution >= 4 is 28.5 Å². The Balaban J connectivity index is 1.60. The number of aliphatic imine (C=N–C) groups is 1. The van der Waals surface area contributed by atoms with Crippen LogP contribution in [0, 0.1) is 11.7 Å². The number of halogens is 2. The lowest BCUT2D eigenvalue weighted by molar-refractivity contribution is 0.102. The lowest BCUT2D eigenvalue weighted by Crippen LogP contribution is -2.37. The van der Waals surface area contributed by atoms with Crippen molar-refractivity contribution in [3.8, 4) is 5.88 Å². The number of carbonyl (C=O) groups excluding carboxylic acids is 1. The van der Waals surface area contributed by atoms with E-state index in [4.69, 9.17) is 5.73 Å². The van der Waals surface area contributed by atoms with Crippen LogP contribution in [0.5, 0.6) is 5.88 Å². The van der Waals surface area contributed by atoms with E-state index < -0.39 is 18.3 Å². The summed E-state index contributed by atoms with van der Waals surface area (Å²) >= 11 is 1.50. The van der Waals surface area contributed by atoms with Crippen LogP contribution in [0.4, 0.5) is 14.5 Å². The predicted molar refractivity (Wildman–Crippen MR) is 106 cm³/mol. The molecule has 0 saturated heterocycles. The third kappa shape index (κ3) is 3.76. The van der Waals surface area contributed by atoms with Crippen LogP contribution in [0.15, 0.2) is 35.6 Å². The molecular weight excluding hydrogens is 400 g/mol. The molecular formula is C19H19F2N5O2S. The van der Waals surface area contributed by atoms with Crippen LogP contribution in [0.1, 0.15) is 35.3 Å². The molecule has 152 valence electrons. The van der Waals surface area contributed by atoms with Crippen LogP contribution in [-0.4, -0.2) is 33.7 Å². The molecule has 2 heterocycles. The fraction of sp³-hybridized carbons (Fsp3) is 0.368. The van der Waals surface area contributed by atoms with Crippen LogP contribution < -0.4 is 15.8 Å². The van der Waals surface area contributed by atoms with Gasteiger partial charge in [0.25, 0.3) is 5.91 Å². The van der Waals surface area contributed by atoms with Crippen molar-refractivity contribution in [1.82, 2.24) is 9.97 Å². The third-order valence-corrected chi connectivity index (χ3v) is 6.24. The molecule has 1 aromatic heterocycles. The van der Waals surface area contributed by atoms with Gasteiger partial charge in [-0.2, -0.15) is 0 Å². The number of nitrogens with two attached hydrogens (primary N) is 1. The van der Waals surface area contributed by atoms with Gasteiger partial charge in [0.15, 0.2) is 5.17 Å². The van der Waals surface area contributed by atoms with Crippen molar-refractivity contribution in [3.63, 3.8) is 0 Å². The SMILES string of the molecule is NC1=NC2(c3cc(NC(=O)c4cnc(OCF)cn4)ccc3F)CCCC2CS1. The van der Waals surface area contributed by atoms with Gasteiger partial charge in [-0.3, -0.25) is 9.79 Å². The topological polar surface area (TPSA) is 102 Å². The van der Waals surface area contributed by atoms with Gasteiger partial charge in [0.1, 0.15) is 11.5 Å². The van der Waals surface area contributed by atoms with Crippen LogP contribution >= 0.6 is 11.8 Å². The first-order chi connectivity index (χ1) is 14.0. The number of nitrogens with one attached hydrogen (secondary N) is 1. The number of alkyl halides is 1. The Morgan fingerprint density at radius 3 is 3.00 bits per heavy atom. The summed E-state index contributed by atoms with van der Waals surface area (Å²) in [6, 6.07) is 4.43. The maximum absolute atomic E-state index is 14.8. The van der Waals surface area contributed by atoms with E-state index >= 15 is 0 Å². The number of amides is 1. The maximum atomic E-state index is 14.8. The third-order valence-electron chi connectivity index (χ3n) is 5.28. The molecule has 4 rings (SSSR count). The molecule has 0 bridgehead atoms. The highest BCUT2D eigenvalue weighted by Gasteiger charge is 2.48. The summed E-state index contributed by atoms with van der Waals surface area (Å²) in [5.74, 6) is 0.0866. The minimum Gasteiger partial charge on any atom is -0.445 e. The van der Waals surface area contributed by atoms with Crippen molar-refractivity contribution < 1.29 is 18.3 Å². The fourth-order valence-electron chi connectivity index (χ4n) is 3.95. The smallest absolute Gasteiger partial charge is 0.275 e. The van der Waals surface area contributed by atoms with E-state index in [-0.39, 0.29) is 23.3 Å². The number of aromatic nitrogens is 2. The molecule has 1 aliphatic heterocycles. The van der Waals surface area contributed by atoms with Gasteiger partial charge in [0.2, 0.25) is 12.7 Å².